The molecule has 3 aliphatic carbocycles. The Morgan fingerprint density at radius 2 is 1.91 bits per heavy atom. The Balaban J connectivity index is 1.30. The number of hydrogen-bond acceptors (Lipinski definition) is 3. The standard InChI is InChI=1S/C17H28N2O3/c20-15(18-11-16(21)6-2-1-3-7-16)19-13-12-5-10-22-14(12)17(13)8-4-9-17/h12-14,21H,1-11H2,(H2,18,19,20). The number of fused-ring (bicyclic) bond motifs is 2. The lowest BCUT2D eigenvalue weighted by Crippen LogP contribution is -2.72. The van der Waals surface area contributed by atoms with Gasteiger partial charge in [-0.05, 0) is 32.1 Å². The van der Waals surface area contributed by atoms with Gasteiger partial charge in [0.1, 0.15) is 0 Å². The lowest BCUT2D eigenvalue weighted by molar-refractivity contribution is -0.172. The molecule has 1 spiro atoms. The third-order valence-electron chi connectivity index (χ3n) is 6.68. The Labute approximate surface area is 132 Å². The van der Waals surface area contributed by atoms with Gasteiger partial charge in [-0.2, -0.15) is 0 Å². The average molecular weight is 308 g/mol. The molecule has 4 aliphatic rings. The van der Waals surface area contributed by atoms with E-state index < -0.39 is 5.60 Å². The van der Waals surface area contributed by atoms with Crippen molar-refractivity contribution in [2.45, 2.75) is 75.5 Å². The zero-order chi connectivity index (χ0) is 15.2. The second kappa shape index (κ2) is 5.38. The summed E-state index contributed by atoms with van der Waals surface area (Å²) < 4.78 is 5.88. The zero-order valence-corrected chi connectivity index (χ0v) is 13.3. The van der Waals surface area contributed by atoms with E-state index in [4.69, 9.17) is 4.74 Å². The predicted octanol–water partition coefficient (Wildman–Crippen LogP) is 1.94. The van der Waals surface area contributed by atoms with Crippen LogP contribution in [-0.2, 0) is 4.74 Å². The zero-order valence-electron chi connectivity index (χ0n) is 13.3. The molecule has 3 saturated carbocycles. The Morgan fingerprint density at radius 3 is 2.59 bits per heavy atom. The second-order valence-corrected chi connectivity index (χ2v) is 7.92. The van der Waals surface area contributed by atoms with Crippen LogP contribution >= 0.6 is 0 Å². The SMILES string of the molecule is O=C(NCC1(O)CCCCC1)NC1C2CCOC2C12CCC2. The number of ether oxygens (including phenoxy) is 1. The summed E-state index contributed by atoms with van der Waals surface area (Å²) in [7, 11) is 0. The van der Waals surface area contributed by atoms with Gasteiger partial charge < -0.3 is 20.5 Å². The molecule has 3 N–H and O–H groups in total. The minimum absolute atomic E-state index is 0.111. The van der Waals surface area contributed by atoms with Crippen LogP contribution in [0.3, 0.4) is 0 Å². The van der Waals surface area contributed by atoms with Crippen LogP contribution in [0.4, 0.5) is 4.79 Å². The summed E-state index contributed by atoms with van der Waals surface area (Å²) in [5.74, 6) is 0.504. The number of carbonyl (C=O) groups is 1. The van der Waals surface area contributed by atoms with Gasteiger partial charge in [-0.15, -0.1) is 0 Å². The molecule has 1 aliphatic heterocycles. The Hall–Kier alpha value is -0.810. The molecule has 1 saturated heterocycles. The molecule has 3 atom stereocenters. The highest BCUT2D eigenvalue weighted by Gasteiger charge is 2.67. The first-order chi connectivity index (χ1) is 10.6. The lowest BCUT2D eigenvalue weighted by Gasteiger charge is -2.63. The maximum Gasteiger partial charge on any atom is 0.315 e. The average Bonchev–Trinajstić information content (AvgIpc) is 2.87. The molecule has 4 fully saturated rings. The van der Waals surface area contributed by atoms with E-state index in [2.05, 4.69) is 10.6 Å². The number of hydrogen-bond donors (Lipinski definition) is 3. The molecule has 0 radical (unpaired) electrons. The van der Waals surface area contributed by atoms with Crippen molar-refractivity contribution in [1.82, 2.24) is 10.6 Å². The summed E-state index contributed by atoms with van der Waals surface area (Å²) in [5, 5.41) is 16.6. The van der Waals surface area contributed by atoms with E-state index in [-0.39, 0.29) is 17.5 Å². The molecule has 5 nitrogen and oxygen atoms in total. The third kappa shape index (κ3) is 2.24. The molecule has 3 unspecified atom stereocenters. The summed E-state index contributed by atoms with van der Waals surface area (Å²) in [6.07, 6.45) is 10.0. The van der Waals surface area contributed by atoms with Crippen LogP contribution in [0.15, 0.2) is 0 Å². The van der Waals surface area contributed by atoms with E-state index in [0.717, 1.165) is 38.7 Å². The first kappa shape index (κ1) is 14.8. The Morgan fingerprint density at radius 1 is 1.14 bits per heavy atom. The van der Waals surface area contributed by atoms with Gasteiger partial charge >= 0.3 is 6.03 Å². The van der Waals surface area contributed by atoms with E-state index >= 15 is 0 Å². The van der Waals surface area contributed by atoms with Crippen LogP contribution in [0.25, 0.3) is 0 Å². The molecule has 2 amide bonds. The largest absolute Gasteiger partial charge is 0.388 e. The molecule has 4 rings (SSSR count). The summed E-state index contributed by atoms with van der Waals surface area (Å²) in [4.78, 5) is 12.3. The van der Waals surface area contributed by atoms with E-state index in [1.54, 1.807) is 0 Å². The van der Waals surface area contributed by atoms with Crippen molar-refractivity contribution in [1.29, 1.82) is 0 Å². The first-order valence-corrected chi connectivity index (χ1v) is 9.01. The minimum Gasteiger partial charge on any atom is -0.388 e. The fraction of sp³-hybridized carbons (Fsp3) is 0.941. The van der Waals surface area contributed by atoms with Crippen molar-refractivity contribution >= 4 is 6.03 Å². The van der Waals surface area contributed by atoms with Crippen LogP contribution in [-0.4, -0.2) is 42.0 Å². The quantitative estimate of drug-likeness (QED) is 0.746. The molecule has 0 aromatic rings. The summed E-state index contributed by atoms with van der Waals surface area (Å²) in [6.45, 7) is 1.22. The molecule has 124 valence electrons. The van der Waals surface area contributed by atoms with Crippen LogP contribution in [0.1, 0.15) is 57.8 Å². The molecule has 5 heteroatoms. The van der Waals surface area contributed by atoms with E-state index in [1.807, 2.05) is 0 Å². The van der Waals surface area contributed by atoms with Gasteiger partial charge in [-0.1, -0.05) is 25.7 Å². The van der Waals surface area contributed by atoms with Crippen molar-refractivity contribution in [2.24, 2.45) is 11.3 Å². The summed E-state index contributed by atoms with van der Waals surface area (Å²) in [6, 6.07) is 0.162. The summed E-state index contributed by atoms with van der Waals surface area (Å²) in [5.41, 5.74) is -0.470. The third-order valence-corrected chi connectivity index (χ3v) is 6.68. The van der Waals surface area contributed by atoms with Crippen molar-refractivity contribution < 1.29 is 14.6 Å². The highest BCUT2D eigenvalue weighted by atomic mass is 16.5. The number of carbonyl (C=O) groups excluding carboxylic acids is 1. The van der Waals surface area contributed by atoms with Crippen molar-refractivity contribution in [2.75, 3.05) is 13.2 Å². The van der Waals surface area contributed by atoms with Crippen molar-refractivity contribution in [3.05, 3.63) is 0 Å². The van der Waals surface area contributed by atoms with Crippen LogP contribution < -0.4 is 10.6 Å². The van der Waals surface area contributed by atoms with E-state index in [1.165, 1.54) is 25.7 Å². The highest BCUT2D eigenvalue weighted by Crippen LogP contribution is 2.62. The number of amides is 2. The van der Waals surface area contributed by atoms with Gasteiger partial charge in [0.15, 0.2) is 0 Å². The molecular formula is C17H28N2O3. The van der Waals surface area contributed by atoms with Gasteiger partial charge in [-0.25, -0.2) is 4.79 Å². The maximum atomic E-state index is 12.3. The molecule has 0 bridgehead atoms. The highest BCUT2D eigenvalue weighted by molar-refractivity contribution is 5.74. The van der Waals surface area contributed by atoms with Crippen molar-refractivity contribution in [3.8, 4) is 0 Å². The minimum atomic E-state index is -0.692. The molecule has 0 aromatic carbocycles. The number of nitrogens with one attached hydrogen (secondary N) is 2. The maximum absolute atomic E-state index is 12.3. The van der Waals surface area contributed by atoms with Gasteiger partial charge in [0, 0.05) is 30.5 Å². The van der Waals surface area contributed by atoms with Crippen LogP contribution in [0.5, 0.6) is 0 Å². The normalized spacial score (nSPS) is 37.8. The fourth-order valence-electron chi connectivity index (χ4n) is 5.28. The van der Waals surface area contributed by atoms with E-state index in [0.29, 0.717) is 18.6 Å². The van der Waals surface area contributed by atoms with E-state index in [9.17, 15) is 9.90 Å². The summed E-state index contributed by atoms with van der Waals surface area (Å²) >= 11 is 0. The monoisotopic (exact) mass is 308 g/mol. The first-order valence-electron chi connectivity index (χ1n) is 9.01. The Bertz CT molecular complexity index is 443. The number of urea groups is 1. The van der Waals surface area contributed by atoms with Gasteiger partial charge in [0.25, 0.3) is 0 Å². The smallest absolute Gasteiger partial charge is 0.315 e. The Kier molecular flexibility index (Phi) is 3.61. The van der Waals surface area contributed by atoms with Gasteiger partial charge in [0.05, 0.1) is 11.7 Å². The molecule has 22 heavy (non-hydrogen) atoms. The second-order valence-electron chi connectivity index (χ2n) is 7.92. The molecule has 1 heterocycles. The van der Waals surface area contributed by atoms with Crippen LogP contribution in [0.2, 0.25) is 0 Å². The number of aliphatic hydroxyl groups is 1. The topological polar surface area (TPSA) is 70.6 Å². The predicted molar refractivity (Wildman–Crippen MR) is 82.5 cm³/mol. The van der Waals surface area contributed by atoms with Gasteiger partial charge in [-0.3, -0.25) is 0 Å². The van der Waals surface area contributed by atoms with Gasteiger partial charge in [0.2, 0.25) is 0 Å². The molecular weight excluding hydrogens is 280 g/mol. The molecule has 0 aromatic heterocycles. The fourth-order valence-corrected chi connectivity index (χ4v) is 5.28. The van der Waals surface area contributed by atoms with Crippen molar-refractivity contribution in [3.63, 3.8) is 0 Å². The number of rotatable bonds is 3. The van der Waals surface area contributed by atoms with Crippen LogP contribution in [0, 0.1) is 11.3 Å². The lowest BCUT2D eigenvalue weighted by atomic mass is 9.46.